The molecular formula is C15H15NO3. The fourth-order valence-electron chi connectivity index (χ4n) is 1.80. The molecule has 0 saturated heterocycles. The lowest BCUT2D eigenvalue weighted by molar-refractivity contribution is 0.103. The maximum Gasteiger partial charge on any atom is 0.198 e. The van der Waals surface area contributed by atoms with Gasteiger partial charge in [-0.2, -0.15) is 0 Å². The minimum absolute atomic E-state index is 0.136. The smallest absolute Gasteiger partial charge is 0.198 e. The number of aromatic nitrogens is 1. The van der Waals surface area contributed by atoms with Gasteiger partial charge in [0.1, 0.15) is 11.5 Å². The van der Waals surface area contributed by atoms with Crippen molar-refractivity contribution >= 4 is 5.78 Å². The van der Waals surface area contributed by atoms with Gasteiger partial charge in [0.15, 0.2) is 5.78 Å². The molecule has 0 radical (unpaired) electrons. The molecule has 0 aliphatic rings. The van der Waals surface area contributed by atoms with Crippen LogP contribution in [0.2, 0.25) is 0 Å². The summed E-state index contributed by atoms with van der Waals surface area (Å²) in [5.41, 5.74) is 2.03. The van der Waals surface area contributed by atoms with E-state index in [9.17, 15) is 4.79 Å². The van der Waals surface area contributed by atoms with Gasteiger partial charge >= 0.3 is 0 Å². The van der Waals surface area contributed by atoms with Crippen molar-refractivity contribution in [1.82, 2.24) is 4.98 Å². The average molecular weight is 257 g/mol. The summed E-state index contributed by atoms with van der Waals surface area (Å²) in [6, 6.07) is 7.13. The lowest BCUT2D eigenvalue weighted by Crippen LogP contribution is -2.05. The highest BCUT2D eigenvalue weighted by atomic mass is 16.5. The van der Waals surface area contributed by atoms with Gasteiger partial charge in [-0.05, 0) is 30.7 Å². The van der Waals surface area contributed by atoms with E-state index < -0.39 is 0 Å². The SMILES string of the molecule is COc1cncc(C(=O)c2ccc(C)cc2OC)c1. The van der Waals surface area contributed by atoms with Gasteiger partial charge < -0.3 is 9.47 Å². The molecule has 0 aliphatic heterocycles. The molecule has 19 heavy (non-hydrogen) atoms. The van der Waals surface area contributed by atoms with E-state index >= 15 is 0 Å². The highest BCUT2D eigenvalue weighted by Gasteiger charge is 2.15. The standard InChI is InChI=1S/C15H15NO3/c1-10-4-5-13(14(6-10)19-3)15(17)11-7-12(18-2)9-16-8-11/h4-9H,1-3H3. The van der Waals surface area contributed by atoms with Crippen LogP contribution in [-0.2, 0) is 0 Å². The molecule has 1 aromatic heterocycles. The molecular weight excluding hydrogens is 242 g/mol. The van der Waals surface area contributed by atoms with Gasteiger partial charge in [-0.15, -0.1) is 0 Å². The number of hydrogen-bond acceptors (Lipinski definition) is 4. The summed E-state index contributed by atoms with van der Waals surface area (Å²) < 4.78 is 10.3. The molecule has 1 heterocycles. The molecule has 98 valence electrons. The molecule has 0 fully saturated rings. The third-order valence-corrected chi connectivity index (χ3v) is 2.81. The van der Waals surface area contributed by atoms with Crippen LogP contribution < -0.4 is 9.47 Å². The lowest BCUT2D eigenvalue weighted by atomic mass is 10.0. The predicted octanol–water partition coefficient (Wildman–Crippen LogP) is 2.64. The molecule has 0 atom stereocenters. The number of aryl methyl sites for hydroxylation is 1. The van der Waals surface area contributed by atoms with Gasteiger partial charge in [0.05, 0.1) is 26.0 Å². The van der Waals surface area contributed by atoms with Crippen LogP contribution in [0.3, 0.4) is 0 Å². The maximum atomic E-state index is 12.4. The number of pyridine rings is 1. The first-order chi connectivity index (χ1) is 9.15. The Morgan fingerprint density at radius 3 is 2.58 bits per heavy atom. The molecule has 1 aromatic carbocycles. The normalized spacial score (nSPS) is 10.1. The minimum Gasteiger partial charge on any atom is -0.496 e. The first-order valence-corrected chi connectivity index (χ1v) is 5.84. The van der Waals surface area contributed by atoms with Gasteiger partial charge in [-0.3, -0.25) is 9.78 Å². The molecule has 2 aromatic rings. The summed E-state index contributed by atoms with van der Waals surface area (Å²) in [5.74, 6) is 0.980. The van der Waals surface area contributed by atoms with Crippen molar-refractivity contribution in [3.63, 3.8) is 0 Å². The van der Waals surface area contributed by atoms with Crippen molar-refractivity contribution < 1.29 is 14.3 Å². The minimum atomic E-state index is -0.136. The van der Waals surface area contributed by atoms with Crippen LogP contribution >= 0.6 is 0 Å². The monoisotopic (exact) mass is 257 g/mol. The van der Waals surface area contributed by atoms with E-state index in [-0.39, 0.29) is 5.78 Å². The molecule has 4 heteroatoms. The van der Waals surface area contributed by atoms with Crippen molar-refractivity contribution in [2.75, 3.05) is 14.2 Å². The number of benzene rings is 1. The first-order valence-electron chi connectivity index (χ1n) is 5.84. The molecule has 4 nitrogen and oxygen atoms in total. The van der Waals surface area contributed by atoms with Gasteiger partial charge in [0.25, 0.3) is 0 Å². The van der Waals surface area contributed by atoms with E-state index in [0.717, 1.165) is 5.56 Å². The molecule has 0 saturated carbocycles. The second-order valence-electron chi connectivity index (χ2n) is 4.15. The van der Waals surface area contributed by atoms with Crippen molar-refractivity contribution in [3.8, 4) is 11.5 Å². The number of hydrogen-bond donors (Lipinski definition) is 0. The Hall–Kier alpha value is -2.36. The predicted molar refractivity (Wildman–Crippen MR) is 72.0 cm³/mol. The highest BCUT2D eigenvalue weighted by molar-refractivity contribution is 6.10. The summed E-state index contributed by atoms with van der Waals surface area (Å²) in [4.78, 5) is 16.4. The Bertz CT molecular complexity index is 608. The molecule has 0 spiro atoms. The zero-order valence-electron chi connectivity index (χ0n) is 11.1. The second kappa shape index (κ2) is 5.52. The quantitative estimate of drug-likeness (QED) is 0.790. The van der Waals surface area contributed by atoms with Crippen LogP contribution in [0.15, 0.2) is 36.7 Å². The Morgan fingerprint density at radius 1 is 1.11 bits per heavy atom. The summed E-state index contributed by atoms with van der Waals surface area (Å²) >= 11 is 0. The summed E-state index contributed by atoms with van der Waals surface area (Å²) in [7, 11) is 3.09. The summed E-state index contributed by atoms with van der Waals surface area (Å²) in [6.45, 7) is 1.95. The van der Waals surface area contributed by atoms with Crippen LogP contribution in [0.25, 0.3) is 0 Å². The molecule has 0 N–H and O–H groups in total. The van der Waals surface area contributed by atoms with E-state index in [0.29, 0.717) is 22.6 Å². The van der Waals surface area contributed by atoms with E-state index in [1.807, 2.05) is 19.1 Å². The second-order valence-corrected chi connectivity index (χ2v) is 4.15. The maximum absolute atomic E-state index is 12.4. The van der Waals surface area contributed by atoms with Crippen LogP contribution in [0, 0.1) is 6.92 Å². The summed E-state index contributed by atoms with van der Waals surface area (Å²) in [5, 5.41) is 0. The van der Waals surface area contributed by atoms with E-state index in [1.54, 1.807) is 25.4 Å². The van der Waals surface area contributed by atoms with Gasteiger partial charge in [0.2, 0.25) is 0 Å². The van der Waals surface area contributed by atoms with Crippen LogP contribution in [0.4, 0.5) is 0 Å². The third kappa shape index (κ3) is 2.73. The first kappa shape index (κ1) is 13.1. The van der Waals surface area contributed by atoms with Crippen molar-refractivity contribution in [1.29, 1.82) is 0 Å². The molecule has 0 aliphatic carbocycles. The van der Waals surface area contributed by atoms with Crippen molar-refractivity contribution in [2.24, 2.45) is 0 Å². The Balaban J connectivity index is 2.43. The largest absolute Gasteiger partial charge is 0.496 e. The van der Waals surface area contributed by atoms with Gasteiger partial charge in [-0.1, -0.05) is 6.07 Å². The number of carbonyl (C=O) groups excluding carboxylic acids is 1. The van der Waals surface area contributed by atoms with E-state index in [4.69, 9.17) is 9.47 Å². The van der Waals surface area contributed by atoms with Crippen LogP contribution in [0.5, 0.6) is 11.5 Å². The highest BCUT2D eigenvalue weighted by Crippen LogP contribution is 2.23. The molecule has 0 unspecified atom stereocenters. The number of nitrogens with zero attached hydrogens (tertiary/aromatic N) is 1. The van der Waals surface area contributed by atoms with E-state index in [2.05, 4.69) is 4.98 Å². The fourth-order valence-corrected chi connectivity index (χ4v) is 1.80. The lowest BCUT2D eigenvalue weighted by Gasteiger charge is -2.09. The molecule has 0 bridgehead atoms. The summed E-state index contributed by atoms with van der Waals surface area (Å²) in [6.07, 6.45) is 3.08. The average Bonchev–Trinajstić information content (AvgIpc) is 2.46. The third-order valence-electron chi connectivity index (χ3n) is 2.81. The topological polar surface area (TPSA) is 48.4 Å². The zero-order chi connectivity index (χ0) is 13.8. The fraction of sp³-hybridized carbons (Fsp3) is 0.200. The zero-order valence-corrected chi connectivity index (χ0v) is 11.1. The molecule has 2 rings (SSSR count). The van der Waals surface area contributed by atoms with Gasteiger partial charge in [0, 0.05) is 11.8 Å². The van der Waals surface area contributed by atoms with Crippen molar-refractivity contribution in [2.45, 2.75) is 6.92 Å². The molecule has 0 amide bonds. The van der Waals surface area contributed by atoms with Crippen LogP contribution in [-0.4, -0.2) is 25.0 Å². The van der Waals surface area contributed by atoms with Crippen molar-refractivity contribution in [3.05, 3.63) is 53.3 Å². The number of methoxy groups -OCH3 is 2. The number of rotatable bonds is 4. The van der Waals surface area contributed by atoms with Gasteiger partial charge in [-0.25, -0.2) is 0 Å². The Kier molecular flexibility index (Phi) is 3.80. The Labute approximate surface area is 112 Å². The number of ether oxygens (including phenoxy) is 2. The van der Waals surface area contributed by atoms with E-state index in [1.165, 1.54) is 13.3 Å². The Morgan fingerprint density at radius 2 is 1.89 bits per heavy atom. The number of carbonyl (C=O) groups is 1. The van der Waals surface area contributed by atoms with Crippen LogP contribution in [0.1, 0.15) is 21.5 Å². The number of ketones is 1.